The molecule has 2 N–H and O–H groups in total. The molecule has 2 aromatic rings. The number of benzene rings is 2. The summed E-state index contributed by atoms with van der Waals surface area (Å²) >= 11 is 5.75. The third-order valence-corrected chi connectivity index (χ3v) is 10.8. The van der Waals surface area contributed by atoms with Crippen LogP contribution in [0.2, 0.25) is 0 Å². The quantitative estimate of drug-likeness (QED) is 0.0701. The maximum absolute atomic E-state index is 14.7. The van der Waals surface area contributed by atoms with Gasteiger partial charge in [-0.25, -0.2) is 4.79 Å². The van der Waals surface area contributed by atoms with Crippen LogP contribution in [0.25, 0.3) is 0 Å². The number of carboxylic acid groups (broad SMARTS) is 1. The van der Waals surface area contributed by atoms with Crippen molar-refractivity contribution in [2.45, 2.75) is 127 Å². The van der Waals surface area contributed by atoms with Crippen LogP contribution in [0, 0.1) is 11.8 Å². The van der Waals surface area contributed by atoms with Crippen molar-refractivity contribution in [1.82, 2.24) is 4.90 Å². The molecule has 52 heavy (non-hydrogen) atoms. The highest BCUT2D eigenvalue weighted by molar-refractivity contribution is 7.80. The van der Waals surface area contributed by atoms with Crippen LogP contribution < -0.4 is 0 Å². The number of hydrogen-bond acceptors (Lipinski definition) is 7. The van der Waals surface area contributed by atoms with Crippen molar-refractivity contribution < 1.29 is 38.4 Å². The topological polar surface area (TPSA) is 106 Å². The predicted octanol–water partition coefficient (Wildman–Crippen LogP) is 8.89. The Morgan fingerprint density at radius 1 is 0.923 bits per heavy atom. The standard InChI is InChI=1S/C42H58FNO7S/c1-4-5-6-10-19-26-40(49-30-31-50-40)27-20-11-8-7-9-18-25-35(41(48,28-29-43)38(46)47)37(45)44-36(32(2)3)42(51-39(44)52,33-21-14-12-15-22-33)34-23-16-13-17-24-34/h12-18,21-25,32,35-36,48H,4-11,19-20,26-31H2,1-3H3,(H,46,47)/t35-,36+,41+/m1/s1. The Hall–Kier alpha value is -3.18. The number of hydrogen-bond donors (Lipinski definition) is 2. The first-order valence-corrected chi connectivity index (χ1v) is 19.6. The number of ether oxygens (including phenoxy) is 3. The number of nitrogens with zero attached hydrogens (tertiary/aromatic N) is 1. The van der Waals surface area contributed by atoms with E-state index in [0.717, 1.165) is 56.1 Å². The predicted molar refractivity (Wildman–Crippen MR) is 204 cm³/mol. The van der Waals surface area contributed by atoms with Gasteiger partial charge >= 0.3 is 5.97 Å². The van der Waals surface area contributed by atoms with Crippen LogP contribution in [0.4, 0.5) is 4.39 Å². The summed E-state index contributed by atoms with van der Waals surface area (Å²) in [4.78, 5) is 28.6. The maximum atomic E-state index is 14.7. The van der Waals surface area contributed by atoms with Gasteiger partial charge in [-0.2, -0.15) is 0 Å². The molecule has 4 rings (SSSR count). The average Bonchev–Trinajstić information content (AvgIpc) is 3.74. The van der Waals surface area contributed by atoms with Gasteiger partial charge in [0.15, 0.2) is 17.0 Å². The molecule has 2 heterocycles. The molecule has 0 saturated carbocycles. The molecule has 2 aromatic carbocycles. The Balaban J connectivity index is 1.49. The van der Waals surface area contributed by atoms with Gasteiger partial charge in [-0.3, -0.25) is 14.1 Å². The Bertz CT molecular complexity index is 1410. The monoisotopic (exact) mass is 739 g/mol. The molecular formula is C42H58FNO7S. The average molecular weight is 740 g/mol. The number of alkyl halides is 1. The number of halogens is 1. The highest BCUT2D eigenvalue weighted by Crippen LogP contribution is 2.48. The lowest BCUT2D eigenvalue weighted by atomic mass is 9.75. The van der Waals surface area contributed by atoms with Gasteiger partial charge in [0.25, 0.3) is 5.17 Å². The number of carbonyl (C=O) groups is 2. The summed E-state index contributed by atoms with van der Waals surface area (Å²) in [7, 11) is 0. The van der Waals surface area contributed by atoms with E-state index in [1.165, 1.54) is 36.7 Å². The van der Waals surface area contributed by atoms with Crippen LogP contribution in [0.5, 0.6) is 0 Å². The van der Waals surface area contributed by atoms with Crippen molar-refractivity contribution in [3.8, 4) is 0 Å². The van der Waals surface area contributed by atoms with Crippen LogP contribution in [0.15, 0.2) is 72.8 Å². The molecule has 0 aliphatic carbocycles. The summed E-state index contributed by atoms with van der Waals surface area (Å²) in [5.41, 5.74) is -2.37. The van der Waals surface area contributed by atoms with Crippen LogP contribution in [0.1, 0.15) is 115 Å². The second-order valence-electron chi connectivity index (χ2n) is 14.5. The number of unbranched alkanes of at least 4 members (excludes halogenated alkanes) is 8. The van der Waals surface area contributed by atoms with Gasteiger partial charge in [0, 0.05) is 30.4 Å². The summed E-state index contributed by atoms with van der Waals surface area (Å²) in [5.74, 6) is -4.73. The highest BCUT2D eigenvalue weighted by Gasteiger charge is 2.60. The van der Waals surface area contributed by atoms with Gasteiger partial charge in [-0.15, -0.1) is 0 Å². The number of aliphatic hydroxyl groups is 1. The molecule has 10 heteroatoms. The fourth-order valence-corrected chi connectivity index (χ4v) is 8.16. The minimum atomic E-state index is -2.70. The number of aliphatic carboxylic acids is 1. The highest BCUT2D eigenvalue weighted by atomic mass is 32.1. The van der Waals surface area contributed by atoms with E-state index in [-0.39, 0.29) is 11.1 Å². The SMILES string of the molecule is CCCCCCCC1(CCCCCCC=C[C@H](C(=O)N2C(=S)OC(c3ccccc3)(c3ccccc3)[C@@H]2C(C)C)[C@@](O)(CCF)C(=O)O)OCCO1. The van der Waals surface area contributed by atoms with Gasteiger partial charge < -0.3 is 24.4 Å². The van der Waals surface area contributed by atoms with Gasteiger partial charge in [0.1, 0.15) is 0 Å². The zero-order valence-corrected chi connectivity index (χ0v) is 32.0. The van der Waals surface area contributed by atoms with Crippen molar-refractivity contribution in [2.24, 2.45) is 11.8 Å². The molecule has 2 saturated heterocycles. The number of rotatable bonds is 22. The molecule has 8 nitrogen and oxygen atoms in total. The molecule has 3 atom stereocenters. The van der Waals surface area contributed by atoms with Gasteiger partial charge in [-0.05, 0) is 43.8 Å². The molecule has 0 radical (unpaired) electrons. The summed E-state index contributed by atoms with van der Waals surface area (Å²) < 4.78 is 32.6. The minimum Gasteiger partial charge on any atom is -0.479 e. The third-order valence-electron chi connectivity index (χ3n) is 10.5. The smallest absolute Gasteiger partial charge is 0.336 e. The normalized spacial score (nSPS) is 19.9. The van der Waals surface area contributed by atoms with Crippen LogP contribution in [0.3, 0.4) is 0 Å². The second kappa shape index (κ2) is 19.8. The molecule has 1 amide bonds. The summed E-state index contributed by atoms with van der Waals surface area (Å²) in [6.07, 6.45) is 14.3. The van der Waals surface area contributed by atoms with Gasteiger partial charge in [0.05, 0.1) is 31.8 Å². The summed E-state index contributed by atoms with van der Waals surface area (Å²) in [6.45, 7) is 6.25. The number of carbonyl (C=O) groups excluding carboxylic acids is 1. The summed E-state index contributed by atoms with van der Waals surface area (Å²) in [5, 5.41) is 21.6. The zero-order chi connectivity index (χ0) is 37.6. The Morgan fingerprint density at radius 2 is 1.46 bits per heavy atom. The Morgan fingerprint density at radius 3 is 1.96 bits per heavy atom. The zero-order valence-electron chi connectivity index (χ0n) is 31.1. The number of thiocarbonyl (C=S) groups is 1. The van der Waals surface area contributed by atoms with E-state index in [1.807, 2.05) is 74.5 Å². The fraction of sp³-hybridized carbons (Fsp3) is 0.595. The molecule has 0 bridgehead atoms. The molecule has 0 aromatic heterocycles. The second-order valence-corrected chi connectivity index (χ2v) is 14.9. The fourth-order valence-electron chi connectivity index (χ4n) is 7.82. The van der Waals surface area contributed by atoms with E-state index in [4.69, 9.17) is 26.4 Å². The molecule has 2 fully saturated rings. The van der Waals surface area contributed by atoms with E-state index in [9.17, 15) is 24.2 Å². The Kier molecular flexibility index (Phi) is 15.8. The van der Waals surface area contributed by atoms with Crippen molar-refractivity contribution in [2.75, 3.05) is 19.9 Å². The lowest BCUT2D eigenvalue weighted by Gasteiger charge is -2.39. The van der Waals surface area contributed by atoms with E-state index in [2.05, 4.69) is 6.92 Å². The van der Waals surface area contributed by atoms with Crippen LogP contribution in [-0.2, 0) is 29.4 Å². The van der Waals surface area contributed by atoms with E-state index in [1.54, 1.807) is 6.08 Å². The van der Waals surface area contributed by atoms with Crippen molar-refractivity contribution in [3.05, 3.63) is 83.9 Å². The Labute approximate surface area is 314 Å². The van der Waals surface area contributed by atoms with Crippen molar-refractivity contribution in [3.63, 3.8) is 0 Å². The number of amides is 1. The molecule has 2 aliphatic rings. The first-order chi connectivity index (χ1) is 25.1. The van der Waals surface area contributed by atoms with Gasteiger partial charge in [0.2, 0.25) is 5.91 Å². The van der Waals surface area contributed by atoms with Crippen molar-refractivity contribution in [1.29, 1.82) is 0 Å². The van der Waals surface area contributed by atoms with Gasteiger partial charge in [-0.1, -0.05) is 132 Å². The first kappa shape index (κ1) is 41.6. The lowest BCUT2D eigenvalue weighted by Crippen LogP contribution is -2.57. The van der Waals surface area contributed by atoms with Crippen molar-refractivity contribution >= 4 is 29.3 Å². The maximum Gasteiger partial charge on any atom is 0.336 e. The first-order valence-electron chi connectivity index (χ1n) is 19.2. The third kappa shape index (κ3) is 9.67. The molecule has 286 valence electrons. The van der Waals surface area contributed by atoms with E-state index >= 15 is 0 Å². The summed E-state index contributed by atoms with van der Waals surface area (Å²) in [6, 6.07) is 18.3. The van der Waals surface area contributed by atoms with E-state index < -0.39 is 53.9 Å². The lowest BCUT2D eigenvalue weighted by molar-refractivity contribution is -0.169. The number of carboxylic acids is 1. The van der Waals surface area contributed by atoms with Crippen LogP contribution in [-0.4, -0.2) is 69.5 Å². The minimum absolute atomic E-state index is 0.128. The molecule has 2 aliphatic heterocycles. The molecule has 0 unspecified atom stereocenters. The van der Waals surface area contributed by atoms with Crippen LogP contribution >= 0.6 is 12.2 Å². The molecule has 0 spiro atoms. The number of allylic oxidation sites excluding steroid dienone is 1. The van der Waals surface area contributed by atoms with E-state index in [0.29, 0.717) is 19.6 Å². The largest absolute Gasteiger partial charge is 0.479 e. The molecular weight excluding hydrogens is 682 g/mol.